The molecule has 0 aliphatic heterocycles. The third-order valence-electron chi connectivity index (χ3n) is 5.48. The molecule has 4 rings (SSSR count). The van der Waals surface area contributed by atoms with Gasteiger partial charge in [0, 0.05) is 31.4 Å². The number of benzene rings is 3. The van der Waals surface area contributed by atoms with E-state index < -0.39 is 0 Å². The minimum atomic E-state index is -0.181. The molecule has 4 aromatic rings. The van der Waals surface area contributed by atoms with Gasteiger partial charge in [-0.1, -0.05) is 30.3 Å². The van der Waals surface area contributed by atoms with E-state index in [1.54, 1.807) is 55.2 Å². The Balaban J connectivity index is 1.75. The average Bonchev–Trinajstić information content (AvgIpc) is 3.34. The summed E-state index contributed by atoms with van der Waals surface area (Å²) < 4.78 is 12.6. The van der Waals surface area contributed by atoms with Gasteiger partial charge in [-0.25, -0.2) is 4.68 Å². The number of ether oxygens (including phenoxy) is 2. The summed E-state index contributed by atoms with van der Waals surface area (Å²) >= 11 is 0. The van der Waals surface area contributed by atoms with Crippen LogP contribution in [0.5, 0.6) is 11.5 Å². The van der Waals surface area contributed by atoms with Crippen molar-refractivity contribution in [1.29, 1.82) is 5.26 Å². The highest BCUT2D eigenvalue weighted by Gasteiger charge is 2.24. The fourth-order valence-electron chi connectivity index (χ4n) is 3.67. The molecule has 34 heavy (non-hydrogen) atoms. The third kappa shape index (κ3) is 4.62. The van der Waals surface area contributed by atoms with Crippen molar-refractivity contribution in [2.24, 2.45) is 0 Å². The number of nitriles is 1. The van der Waals surface area contributed by atoms with Gasteiger partial charge in [-0.2, -0.15) is 10.4 Å². The lowest BCUT2D eigenvalue weighted by atomic mass is 10.1. The van der Waals surface area contributed by atoms with Crippen LogP contribution >= 0.6 is 0 Å². The molecule has 1 amide bonds. The van der Waals surface area contributed by atoms with Crippen LogP contribution in [0.3, 0.4) is 0 Å². The summed E-state index contributed by atoms with van der Waals surface area (Å²) in [7, 11) is 4.91. The largest absolute Gasteiger partial charge is 0.497 e. The fourth-order valence-corrected chi connectivity index (χ4v) is 3.67. The molecular weight excluding hydrogens is 428 g/mol. The van der Waals surface area contributed by atoms with Crippen molar-refractivity contribution >= 4 is 5.91 Å². The molecule has 0 bridgehead atoms. The molecule has 0 radical (unpaired) electrons. The molecule has 1 heterocycles. The van der Waals surface area contributed by atoms with Crippen LogP contribution in [0.2, 0.25) is 0 Å². The van der Waals surface area contributed by atoms with Crippen molar-refractivity contribution in [3.8, 4) is 34.5 Å². The summed E-state index contributed by atoms with van der Waals surface area (Å²) in [5, 5.41) is 13.8. The molecule has 0 aliphatic rings. The summed E-state index contributed by atoms with van der Waals surface area (Å²) in [5.74, 6) is 1.02. The molecule has 0 N–H and O–H groups in total. The van der Waals surface area contributed by atoms with E-state index in [2.05, 4.69) is 6.07 Å². The molecule has 3 aromatic carbocycles. The molecule has 0 spiro atoms. The van der Waals surface area contributed by atoms with Crippen molar-refractivity contribution < 1.29 is 14.3 Å². The van der Waals surface area contributed by atoms with Crippen LogP contribution < -0.4 is 9.47 Å². The summed E-state index contributed by atoms with van der Waals surface area (Å²) in [5.41, 5.74) is 3.99. The highest BCUT2D eigenvalue weighted by atomic mass is 16.5. The van der Waals surface area contributed by atoms with Gasteiger partial charge in [-0.15, -0.1) is 0 Å². The number of aromatic nitrogens is 2. The zero-order valence-electron chi connectivity index (χ0n) is 19.2. The lowest BCUT2D eigenvalue weighted by molar-refractivity contribution is 0.0786. The number of hydrogen-bond acceptors (Lipinski definition) is 5. The molecule has 0 atom stereocenters. The van der Waals surface area contributed by atoms with Crippen molar-refractivity contribution in [2.45, 2.75) is 6.54 Å². The number of hydrogen-bond donors (Lipinski definition) is 0. The van der Waals surface area contributed by atoms with Crippen molar-refractivity contribution in [3.05, 3.63) is 95.7 Å². The Hall–Kier alpha value is -4.57. The van der Waals surface area contributed by atoms with E-state index in [0.29, 0.717) is 40.4 Å². The number of methoxy groups -OCH3 is 2. The van der Waals surface area contributed by atoms with Gasteiger partial charge in [-0.3, -0.25) is 4.79 Å². The monoisotopic (exact) mass is 452 g/mol. The lowest BCUT2D eigenvalue weighted by Gasteiger charge is -2.18. The van der Waals surface area contributed by atoms with Crippen LogP contribution in [-0.4, -0.2) is 41.9 Å². The quantitative estimate of drug-likeness (QED) is 0.406. The second-order valence-electron chi connectivity index (χ2n) is 7.71. The number of nitrogens with zero attached hydrogens (tertiary/aromatic N) is 4. The van der Waals surface area contributed by atoms with Gasteiger partial charge >= 0.3 is 0 Å². The second kappa shape index (κ2) is 9.92. The molecule has 170 valence electrons. The summed E-state index contributed by atoms with van der Waals surface area (Å²) in [6.07, 6.45) is 1.74. The van der Waals surface area contributed by atoms with E-state index in [1.807, 2.05) is 54.6 Å². The summed E-state index contributed by atoms with van der Waals surface area (Å²) in [6, 6.07) is 24.3. The van der Waals surface area contributed by atoms with Gasteiger partial charge in [-0.05, 0) is 42.0 Å². The first-order valence-electron chi connectivity index (χ1n) is 10.7. The Bertz CT molecular complexity index is 1340. The van der Waals surface area contributed by atoms with Crippen molar-refractivity contribution in [1.82, 2.24) is 14.7 Å². The van der Waals surface area contributed by atoms with Crippen LogP contribution in [0.1, 0.15) is 21.5 Å². The highest BCUT2D eigenvalue weighted by molar-refractivity contribution is 6.00. The van der Waals surface area contributed by atoms with E-state index in [9.17, 15) is 4.79 Å². The predicted octanol–water partition coefficient (Wildman–Crippen LogP) is 4.70. The maximum atomic E-state index is 13.6. The molecule has 0 aliphatic carbocycles. The second-order valence-corrected chi connectivity index (χ2v) is 7.71. The Morgan fingerprint density at radius 1 is 1.03 bits per heavy atom. The van der Waals surface area contributed by atoms with Crippen LogP contribution in [0.25, 0.3) is 16.9 Å². The SMILES string of the molecule is COc1ccc(-c2nn(-c3ccccc3)cc2C(=O)N(C)Cc2ccc(C#N)cc2)c(OC)c1. The molecule has 0 unspecified atom stereocenters. The zero-order valence-corrected chi connectivity index (χ0v) is 19.2. The smallest absolute Gasteiger partial charge is 0.257 e. The molecular formula is C27H24N4O3. The minimum absolute atomic E-state index is 0.181. The molecule has 0 fully saturated rings. The average molecular weight is 453 g/mol. The van der Waals surface area contributed by atoms with Crippen molar-refractivity contribution in [3.63, 3.8) is 0 Å². The van der Waals surface area contributed by atoms with Gasteiger partial charge in [0.05, 0.1) is 37.1 Å². The number of para-hydroxylation sites is 1. The number of rotatable bonds is 7. The maximum Gasteiger partial charge on any atom is 0.257 e. The van der Waals surface area contributed by atoms with E-state index in [4.69, 9.17) is 19.8 Å². The summed E-state index contributed by atoms with van der Waals surface area (Å²) in [6.45, 7) is 0.389. The van der Waals surface area contributed by atoms with E-state index in [-0.39, 0.29) is 5.91 Å². The van der Waals surface area contributed by atoms with Gasteiger partial charge in [0.25, 0.3) is 5.91 Å². The van der Waals surface area contributed by atoms with E-state index in [1.165, 1.54) is 0 Å². The first kappa shape index (κ1) is 22.6. The Morgan fingerprint density at radius 2 is 1.76 bits per heavy atom. The van der Waals surface area contributed by atoms with Crippen LogP contribution in [-0.2, 0) is 6.54 Å². The van der Waals surface area contributed by atoms with Crippen molar-refractivity contribution in [2.75, 3.05) is 21.3 Å². The van der Waals surface area contributed by atoms with Gasteiger partial charge in [0.2, 0.25) is 0 Å². The number of carbonyl (C=O) groups is 1. The van der Waals surface area contributed by atoms with Crippen LogP contribution in [0.15, 0.2) is 79.0 Å². The molecule has 7 nitrogen and oxygen atoms in total. The fraction of sp³-hybridized carbons (Fsp3) is 0.148. The highest BCUT2D eigenvalue weighted by Crippen LogP contribution is 2.35. The first-order valence-corrected chi connectivity index (χ1v) is 10.7. The zero-order chi connectivity index (χ0) is 24.1. The van der Waals surface area contributed by atoms with E-state index in [0.717, 1.165) is 11.3 Å². The van der Waals surface area contributed by atoms with Gasteiger partial charge < -0.3 is 14.4 Å². The van der Waals surface area contributed by atoms with Crippen LogP contribution in [0, 0.1) is 11.3 Å². The summed E-state index contributed by atoms with van der Waals surface area (Å²) in [4.78, 5) is 15.2. The van der Waals surface area contributed by atoms with Gasteiger partial charge in [0.1, 0.15) is 17.2 Å². The Labute approximate surface area is 198 Å². The minimum Gasteiger partial charge on any atom is -0.497 e. The number of amides is 1. The molecule has 0 saturated carbocycles. The standard InChI is InChI=1S/C27H24N4O3/c1-30(17-20-11-9-19(16-28)10-12-20)27(32)24-18-31(21-7-5-4-6-8-21)29-26(24)23-14-13-22(33-2)15-25(23)34-3/h4-15,18H,17H2,1-3H3. The number of carbonyl (C=O) groups excluding carboxylic acids is 1. The van der Waals surface area contributed by atoms with Gasteiger partial charge in [0.15, 0.2) is 0 Å². The topological polar surface area (TPSA) is 80.4 Å². The predicted molar refractivity (Wildman–Crippen MR) is 129 cm³/mol. The first-order chi connectivity index (χ1) is 16.5. The third-order valence-corrected chi connectivity index (χ3v) is 5.48. The van der Waals surface area contributed by atoms with E-state index >= 15 is 0 Å². The lowest BCUT2D eigenvalue weighted by Crippen LogP contribution is -2.26. The molecule has 0 saturated heterocycles. The Kier molecular flexibility index (Phi) is 6.60. The Morgan fingerprint density at radius 3 is 2.41 bits per heavy atom. The molecule has 7 heteroatoms. The molecule has 1 aromatic heterocycles. The maximum absolute atomic E-state index is 13.6. The van der Waals surface area contributed by atoms with Crippen LogP contribution in [0.4, 0.5) is 0 Å². The normalized spacial score (nSPS) is 10.4.